The summed E-state index contributed by atoms with van der Waals surface area (Å²) in [5.41, 5.74) is 0. The second-order valence-corrected chi connectivity index (χ2v) is 32.7. The van der Waals surface area contributed by atoms with E-state index >= 15 is 0 Å². The van der Waals surface area contributed by atoms with Crippen LogP contribution in [-0.2, 0) is 65.4 Å². The van der Waals surface area contributed by atoms with Gasteiger partial charge in [0, 0.05) is 25.7 Å². The van der Waals surface area contributed by atoms with Gasteiger partial charge < -0.3 is 33.8 Å². The van der Waals surface area contributed by atoms with Crippen LogP contribution in [0.2, 0.25) is 0 Å². The fourth-order valence-electron chi connectivity index (χ4n) is 12.2. The largest absolute Gasteiger partial charge is 0.472 e. The quantitative estimate of drug-likeness (QED) is 0.0222. The number of hydrogen-bond acceptors (Lipinski definition) is 15. The van der Waals surface area contributed by atoms with E-state index in [9.17, 15) is 43.2 Å². The van der Waals surface area contributed by atoms with Crippen molar-refractivity contribution in [2.24, 2.45) is 17.8 Å². The van der Waals surface area contributed by atoms with Gasteiger partial charge in [0.15, 0.2) is 12.2 Å². The molecule has 0 rings (SSSR count). The number of aliphatic hydroxyl groups excluding tert-OH is 1. The lowest BCUT2D eigenvalue weighted by atomic mass is 9.99. The van der Waals surface area contributed by atoms with E-state index < -0.39 is 97.5 Å². The Labute approximate surface area is 607 Å². The van der Waals surface area contributed by atoms with Gasteiger partial charge >= 0.3 is 39.5 Å². The number of unbranched alkanes of at least 4 members (excludes halogenated alkanes) is 44. The molecule has 0 amide bonds. The van der Waals surface area contributed by atoms with Gasteiger partial charge in [-0.05, 0) is 43.4 Å². The molecule has 0 radical (unpaired) electrons. The molecule has 19 heteroatoms. The second-order valence-electron chi connectivity index (χ2n) is 29.8. The Kier molecular flexibility index (Phi) is 69.0. The Morgan fingerprint density at radius 3 is 0.768 bits per heavy atom. The third kappa shape index (κ3) is 71.5. The lowest BCUT2D eigenvalue weighted by molar-refractivity contribution is -0.161. The van der Waals surface area contributed by atoms with Gasteiger partial charge in [-0.1, -0.05) is 363 Å². The zero-order chi connectivity index (χ0) is 73.0. The number of ether oxygens (including phenoxy) is 4. The first kappa shape index (κ1) is 97.1. The normalized spacial score (nSPS) is 14.5. The van der Waals surface area contributed by atoms with E-state index in [0.717, 1.165) is 108 Å². The van der Waals surface area contributed by atoms with Gasteiger partial charge in [-0.3, -0.25) is 37.3 Å². The van der Waals surface area contributed by atoms with Gasteiger partial charge in [0.05, 0.1) is 26.4 Å². The number of rotatable bonds is 78. The number of hydrogen-bond donors (Lipinski definition) is 3. The number of carbonyl (C=O) groups excluding carboxylic acids is 4. The molecule has 7 atom stereocenters. The van der Waals surface area contributed by atoms with Crippen LogP contribution >= 0.6 is 15.6 Å². The van der Waals surface area contributed by atoms with Crippen molar-refractivity contribution in [2.75, 3.05) is 39.6 Å². The Balaban J connectivity index is 5.21. The number of esters is 4. The third-order valence-corrected chi connectivity index (χ3v) is 21.3. The molecule has 17 nitrogen and oxygen atoms in total. The molecule has 588 valence electrons. The zero-order valence-corrected chi connectivity index (χ0v) is 66.8. The molecule has 0 aromatic heterocycles. The van der Waals surface area contributed by atoms with Crippen molar-refractivity contribution in [3.8, 4) is 0 Å². The maximum absolute atomic E-state index is 13.1. The predicted octanol–water partition coefficient (Wildman–Crippen LogP) is 23.7. The fraction of sp³-hybridized carbons (Fsp3) is 0.950. The van der Waals surface area contributed by atoms with E-state index in [1.807, 2.05) is 0 Å². The fourth-order valence-corrected chi connectivity index (χ4v) is 13.8. The van der Waals surface area contributed by atoms with Crippen molar-refractivity contribution in [1.82, 2.24) is 0 Å². The molecule has 0 aromatic carbocycles. The van der Waals surface area contributed by atoms with Crippen LogP contribution in [0.5, 0.6) is 0 Å². The van der Waals surface area contributed by atoms with Crippen LogP contribution < -0.4 is 0 Å². The summed E-state index contributed by atoms with van der Waals surface area (Å²) in [6, 6.07) is 0. The first-order chi connectivity index (χ1) is 47.8. The molecule has 4 unspecified atom stereocenters. The molecule has 0 aromatic rings. The molecular weight excluding hydrogens is 1290 g/mol. The van der Waals surface area contributed by atoms with Crippen LogP contribution in [0.4, 0.5) is 0 Å². The van der Waals surface area contributed by atoms with E-state index in [1.54, 1.807) is 0 Å². The molecular formula is C80H156O17P2. The summed E-state index contributed by atoms with van der Waals surface area (Å²) in [4.78, 5) is 72.9. The minimum atomic E-state index is -4.96. The Hall–Kier alpha value is -1.94. The Morgan fingerprint density at radius 1 is 0.293 bits per heavy atom. The minimum absolute atomic E-state index is 0.104. The van der Waals surface area contributed by atoms with Gasteiger partial charge in [-0.15, -0.1) is 0 Å². The summed E-state index contributed by atoms with van der Waals surface area (Å²) >= 11 is 0. The Bertz CT molecular complexity index is 1930. The lowest BCUT2D eigenvalue weighted by Crippen LogP contribution is -2.30. The maximum atomic E-state index is 13.1. The van der Waals surface area contributed by atoms with Gasteiger partial charge in [-0.2, -0.15) is 0 Å². The molecule has 0 heterocycles. The third-order valence-electron chi connectivity index (χ3n) is 19.4. The molecule has 0 bridgehead atoms. The smallest absolute Gasteiger partial charge is 0.462 e. The molecule has 0 saturated carbocycles. The predicted molar refractivity (Wildman–Crippen MR) is 405 cm³/mol. The van der Waals surface area contributed by atoms with E-state index in [2.05, 4.69) is 48.5 Å². The van der Waals surface area contributed by atoms with Crippen LogP contribution in [0.25, 0.3) is 0 Å². The van der Waals surface area contributed by atoms with Crippen LogP contribution in [0.1, 0.15) is 414 Å². The van der Waals surface area contributed by atoms with Gasteiger partial charge in [0.2, 0.25) is 0 Å². The SMILES string of the molecule is CCCCCCCCCCCCCCCCCC(=O)OC[C@H](COP(=O)(O)OC[C@@H](O)COP(=O)(O)OC[C@@H](COC(=O)CCCCCCCCCC(C)C)OC(=O)CCCCCCCCCCC(C)CC)OC(=O)CCCCCCCCCCCCCCCCCCCCC(C)CC. The maximum Gasteiger partial charge on any atom is 0.472 e. The monoisotopic (exact) mass is 1450 g/mol. The highest BCUT2D eigenvalue weighted by atomic mass is 31.2. The molecule has 99 heavy (non-hydrogen) atoms. The number of phosphoric ester groups is 2. The highest BCUT2D eigenvalue weighted by Gasteiger charge is 2.30. The van der Waals surface area contributed by atoms with Crippen LogP contribution in [0, 0.1) is 17.8 Å². The van der Waals surface area contributed by atoms with E-state index in [1.165, 1.54) is 218 Å². The first-order valence-corrected chi connectivity index (χ1v) is 44.4. The summed E-state index contributed by atoms with van der Waals surface area (Å²) in [7, 11) is -9.92. The second kappa shape index (κ2) is 70.4. The Morgan fingerprint density at radius 2 is 0.515 bits per heavy atom. The van der Waals surface area contributed by atoms with Crippen LogP contribution in [-0.4, -0.2) is 96.7 Å². The topological polar surface area (TPSA) is 237 Å². The number of phosphoric acid groups is 2. The van der Waals surface area contributed by atoms with Gasteiger partial charge in [0.25, 0.3) is 0 Å². The summed E-state index contributed by atoms with van der Waals surface area (Å²) in [5, 5.41) is 10.6. The molecule has 3 N–H and O–H groups in total. The molecule has 0 saturated heterocycles. The van der Waals surface area contributed by atoms with Crippen molar-refractivity contribution in [2.45, 2.75) is 433 Å². The highest BCUT2D eigenvalue weighted by Crippen LogP contribution is 2.45. The van der Waals surface area contributed by atoms with Crippen molar-refractivity contribution in [3.05, 3.63) is 0 Å². The summed E-state index contributed by atoms with van der Waals surface area (Å²) in [6.07, 6.45) is 58.3. The highest BCUT2D eigenvalue weighted by molar-refractivity contribution is 7.47. The van der Waals surface area contributed by atoms with E-state index in [-0.39, 0.29) is 25.7 Å². The molecule has 0 spiro atoms. The van der Waals surface area contributed by atoms with E-state index in [4.69, 9.17) is 37.0 Å². The van der Waals surface area contributed by atoms with Crippen molar-refractivity contribution in [3.63, 3.8) is 0 Å². The van der Waals surface area contributed by atoms with Crippen LogP contribution in [0.15, 0.2) is 0 Å². The van der Waals surface area contributed by atoms with E-state index in [0.29, 0.717) is 31.6 Å². The average Bonchev–Trinajstić information content (AvgIpc) is 1.05. The van der Waals surface area contributed by atoms with Crippen molar-refractivity contribution < 1.29 is 80.2 Å². The van der Waals surface area contributed by atoms with Crippen molar-refractivity contribution in [1.29, 1.82) is 0 Å². The standard InChI is InChI=1S/C80H156O17P2/c1-8-11-12-13-14-15-16-17-22-26-29-32-40-47-54-61-77(82)90-67-75(96-79(84)63-56-49-41-33-30-27-24-21-19-18-20-23-25-28-31-38-45-52-59-72(6)9-2)69-94-98(86,87)92-65-74(81)66-93-99(88,89)95-70-76(68-91-78(83)62-55-48-43-36-37-44-51-58-71(4)5)97-80(85)64-57-50-42-35-34-39-46-53-60-73(7)10-3/h71-76,81H,8-70H2,1-7H3,(H,86,87)(H,88,89)/t72?,73?,74-,75-,76-/m1/s1. The lowest BCUT2D eigenvalue weighted by Gasteiger charge is -2.21. The van der Waals surface area contributed by atoms with Gasteiger partial charge in [0.1, 0.15) is 19.3 Å². The molecule has 0 aliphatic heterocycles. The average molecular weight is 1450 g/mol. The van der Waals surface area contributed by atoms with Crippen LogP contribution in [0.3, 0.4) is 0 Å². The number of aliphatic hydroxyl groups is 1. The summed E-state index contributed by atoms with van der Waals surface area (Å²) < 4.78 is 68.6. The molecule has 0 fully saturated rings. The van der Waals surface area contributed by atoms with Gasteiger partial charge in [-0.25, -0.2) is 9.13 Å². The molecule has 0 aliphatic rings. The first-order valence-electron chi connectivity index (χ1n) is 41.4. The minimum Gasteiger partial charge on any atom is -0.462 e. The summed E-state index contributed by atoms with van der Waals surface area (Å²) in [5.74, 6) is 0.231. The number of carbonyl (C=O) groups is 4. The molecule has 0 aliphatic carbocycles. The zero-order valence-electron chi connectivity index (χ0n) is 65.0. The summed E-state index contributed by atoms with van der Waals surface area (Å²) in [6.45, 7) is 11.9. The van der Waals surface area contributed by atoms with Crippen molar-refractivity contribution >= 4 is 39.5 Å².